The van der Waals surface area contributed by atoms with E-state index in [0.717, 1.165) is 18.4 Å². The molecule has 0 fully saturated rings. The summed E-state index contributed by atoms with van der Waals surface area (Å²) in [6.45, 7) is 0. The lowest BCUT2D eigenvalue weighted by molar-refractivity contribution is 0.792. The maximum Gasteiger partial charge on any atom is 0.0702 e. The molecule has 100 valence electrons. The summed E-state index contributed by atoms with van der Waals surface area (Å²) in [5.74, 6) is 0. The summed E-state index contributed by atoms with van der Waals surface area (Å²) in [5, 5.41) is 1.25. The number of alkyl halides is 1. The van der Waals surface area contributed by atoms with Crippen LogP contribution in [0.15, 0.2) is 66.9 Å². The van der Waals surface area contributed by atoms with Crippen LogP contribution < -0.4 is 0 Å². The van der Waals surface area contributed by atoms with E-state index in [4.69, 9.17) is 11.6 Å². The van der Waals surface area contributed by atoms with Gasteiger partial charge in [0.15, 0.2) is 0 Å². The van der Waals surface area contributed by atoms with Crippen LogP contribution in [0.3, 0.4) is 0 Å². The Bertz CT molecular complexity index is 694. The highest BCUT2D eigenvalue weighted by molar-refractivity contribution is 6.20. The first kappa shape index (κ1) is 13.1. The molecular formula is C18H16ClN. The number of para-hydroxylation sites is 1. The Morgan fingerprint density at radius 2 is 1.70 bits per heavy atom. The van der Waals surface area contributed by atoms with Crippen LogP contribution in [0.4, 0.5) is 0 Å². The fourth-order valence-electron chi connectivity index (χ4n) is 2.38. The number of nitrogens with zero attached hydrogens (tertiary/aromatic N) is 1. The Labute approximate surface area is 124 Å². The predicted octanol–water partition coefficient (Wildman–Crippen LogP) is 5.15. The lowest BCUT2D eigenvalue weighted by atomic mass is 10.0. The summed E-state index contributed by atoms with van der Waals surface area (Å²) in [4.78, 5) is 4.49. The number of aromatic nitrogens is 1. The molecule has 0 saturated heterocycles. The maximum absolute atomic E-state index is 6.45. The summed E-state index contributed by atoms with van der Waals surface area (Å²) in [5.41, 5.74) is 3.47. The highest BCUT2D eigenvalue weighted by Crippen LogP contribution is 2.26. The summed E-state index contributed by atoms with van der Waals surface area (Å²) in [7, 11) is 0. The molecule has 2 heteroatoms. The van der Waals surface area contributed by atoms with E-state index in [1.54, 1.807) is 0 Å². The number of hydrogen-bond acceptors (Lipinski definition) is 1. The molecule has 0 amide bonds. The average molecular weight is 282 g/mol. The minimum absolute atomic E-state index is 0.0580. The van der Waals surface area contributed by atoms with Crippen LogP contribution in [0.25, 0.3) is 10.9 Å². The zero-order chi connectivity index (χ0) is 13.8. The third-order valence-corrected chi connectivity index (χ3v) is 3.97. The van der Waals surface area contributed by atoms with E-state index >= 15 is 0 Å². The number of halogens is 1. The van der Waals surface area contributed by atoms with E-state index in [0.29, 0.717) is 0 Å². The first-order chi connectivity index (χ1) is 9.83. The van der Waals surface area contributed by atoms with Crippen molar-refractivity contribution in [3.05, 3.63) is 78.0 Å². The zero-order valence-corrected chi connectivity index (χ0v) is 11.9. The van der Waals surface area contributed by atoms with Gasteiger partial charge in [0.2, 0.25) is 0 Å². The van der Waals surface area contributed by atoms with Gasteiger partial charge in [-0.2, -0.15) is 0 Å². The first-order valence-corrected chi connectivity index (χ1v) is 7.29. The topological polar surface area (TPSA) is 12.9 Å². The lowest BCUT2D eigenvalue weighted by Gasteiger charge is -2.10. The van der Waals surface area contributed by atoms with E-state index < -0.39 is 0 Å². The van der Waals surface area contributed by atoms with Crippen molar-refractivity contribution in [2.24, 2.45) is 0 Å². The third-order valence-electron chi connectivity index (χ3n) is 3.49. The van der Waals surface area contributed by atoms with Crippen molar-refractivity contribution in [2.45, 2.75) is 18.2 Å². The Hall–Kier alpha value is -1.86. The molecule has 1 atom stereocenters. The molecule has 1 unspecified atom stereocenters. The van der Waals surface area contributed by atoms with Gasteiger partial charge in [-0.05, 0) is 36.1 Å². The second kappa shape index (κ2) is 6.06. The second-order valence-corrected chi connectivity index (χ2v) is 5.48. The molecule has 1 heterocycles. The van der Waals surface area contributed by atoms with Gasteiger partial charge in [-0.1, -0.05) is 48.5 Å². The van der Waals surface area contributed by atoms with Crippen molar-refractivity contribution < 1.29 is 0 Å². The molecule has 0 saturated carbocycles. The number of rotatable bonds is 4. The molecule has 0 radical (unpaired) electrons. The zero-order valence-electron chi connectivity index (χ0n) is 11.2. The van der Waals surface area contributed by atoms with Crippen molar-refractivity contribution in [1.82, 2.24) is 4.98 Å². The van der Waals surface area contributed by atoms with Crippen LogP contribution in [0.1, 0.15) is 22.9 Å². The fraction of sp³-hybridized carbons (Fsp3) is 0.167. The van der Waals surface area contributed by atoms with Crippen molar-refractivity contribution in [1.29, 1.82) is 0 Å². The molecule has 0 aliphatic rings. The minimum atomic E-state index is 0.0580. The average Bonchev–Trinajstić information content (AvgIpc) is 2.53. The lowest BCUT2D eigenvalue weighted by Crippen LogP contribution is -1.94. The molecule has 0 spiro atoms. The standard InChI is InChI=1S/C18H16ClN/c19-17(15-6-2-1-3-7-15)11-10-14-12-16-8-4-5-9-18(16)20-13-14/h1-9,12-13,17H,10-11H2. The Kier molecular flexibility index (Phi) is 3.98. The largest absolute Gasteiger partial charge is 0.256 e. The van der Waals surface area contributed by atoms with E-state index in [9.17, 15) is 0 Å². The molecule has 0 bridgehead atoms. The molecule has 1 aromatic heterocycles. The highest BCUT2D eigenvalue weighted by atomic mass is 35.5. The van der Waals surface area contributed by atoms with Crippen molar-refractivity contribution in [2.75, 3.05) is 0 Å². The van der Waals surface area contributed by atoms with Gasteiger partial charge in [0.25, 0.3) is 0 Å². The Morgan fingerprint density at radius 3 is 2.55 bits per heavy atom. The summed E-state index contributed by atoms with van der Waals surface area (Å²) < 4.78 is 0. The first-order valence-electron chi connectivity index (χ1n) is 6.85. The van der Waals surface area contributed by atoms with E-state index in [-0.39, 0.29) is 5.38 Å². The van der Waals surface area contributed by atoms with Crippen molar-refractivity contribution >= 4 is 22.5 Å². The molecule has 1 nitrogen and oxygen atoms in total. The van der Waals surface area contributed by atoms with Gasteiger partial charge in [0, 0.05) is 11.6 Å². The third kappa shape index (κ3) is 3.00. The van der Waals surface area contributed by atoms with E-state index in [1.165, 1.54) is 16.5 Å². The number of fused-ring (bicyclic) bond motifs is 1. The van der Waals surface area contributed by atoms with Gasteiger partial charge in [-0.15, -0.1) is 11.6 Å². The number of hydrogen-bond donors (Lipinski definition) is 0. The normalized spacial score (nSPS) is 12.4. The molecule has 0 aliphatic carbocycles. The summed E-state index contributed by atoms with van der Waals surface area (Å²) in [6.07, 6.45) is 3.82. The van der Waals surface area contributed by atoms with Gasteiger partial charge in [0.1, 0.15) is 0 Å². The van der Waals surface area contributed by atoms with Crippen LogP contribution in [-0.2, 0) is 6.42 Å². The van der Waals surface area contributed by atoms with E-state index in [2.05, 4.69) is 29.2 Å². The second-order valence-electron chi connectivity index (χ2n) is 4.95. The van der Waals surface area contributed by atoms with Gasteiger partial charge in [-0.25, -0.2) is 0 Å². The van der Waals surface area contributed by atoms with Crippen molar-refractivity contribution in [3.8, 4) is 0 Å². The van der Waals surface area contributed by atoms with Crippen LogP contribution in [-0.4, -0.2) is 4.98 Å². The van der Waals surface area contributed by atoms with E-state index in [1.807, 2.05) is 42.6 Å². The van der Waals surface area contributed by atoms with Crippen LogP contribution >= 0.6 is 11.6 Å². The fourth-order valence-corrected chi connectivity index (χ4v) is 2.63. The molecule has 3 aromatic rings. The van der Waals surface area contributed by atoms with Gasteiger partial charge < -0.3 is 0 Å². The Morgan fingerprint density at radius 1 is 0.950 bits per heavy atom. The van der Waals surface area contributed by atoms with Gasteiger partial charge in [0.05, 0.1) is 10.9 Å². The highest BCUT2D eigenvalue weighted by Gasteiger charge is 2.07. The van der Waals surface area contributed by atoms with Crippen LogP contribution in [0.5, 0.6) is 0 Å². The number of pyridine rings is 1. The van der Waals surface area contributed by atoms with Gasteiger partial charge in [-0.3, -0.25) is 4.98 Å². The SMILES string of the molecule is ClC(CCc1cnc2ccccc2c1)c1ccccc1. The molecule has 0 aliphatic heterocycles. The molecular weight excluding hydrogens is 266 g/mol. The summed E-state index contributed by atoms with van der Waals surface area (Å²) in [6, 6.07) is 20.6. The van der Waals surface area contributed by atoms with Crippen LogP contribution in [0, 0.1) is 0 Å². The predicted molar refractivity (Wildman–Crippen MR) is 85.1 cm³/mol. The quantitative estimate of drug-likeness (QED) is 0.603. The van der Waals surface area contributed by atoms with Gasteiger partial charge >= 0.3 is 0 Å². The monoisotopic (exact) mass is 281 g/mol. The number of aryl methyl sites for hydroxylation is 1. The smallest absolute Gasteiger partial charge is 0.0702 e. The molecule has 20 heavy (non-hydrogen) atoms. The molecule has 0 N–H and O–H groups in total. The van der Waals surface area contributed by atoms with Crippen LogP contribution in [0.2, 0.25) is 0 Å². The maximum atomic E-state index is 6.45. The summed E-state index contributed by atoms with van der Waals surface area (Å²) >= 11 is 6.45. The Balaban J connectivity index is 1.70. The minimum Gasteiger partial charge on any atom is -0.256 e. The number of benzene rings is 2. The molecule has 2 aromatic carbocycles. The molecule has 3 rings (SSSR count). The van der Waals surface area contributed by atoms with Crippen molar-refractivity contribution in [3.63, 3.8) is 0 Å².